The van der Waals surface area contributed by atoms with E-state index < -0.39 is 0 Å². The molecule has 0 N–H and O–H groups in total. The van der Waals surface area contributed by atoms with Gasteiger partial charge in [-0.3, -0.25) is 4.57 Å². The first-order valence-corrected chi connectivity index (χ1v) is 8.90. The van der Waals surface area contributed by atoms with Crippen molar-refractivity contribution in [1.29, 1.82) is 0 Å². The zero-order chi connectivity index (χ0) is 17.2. The highest BCUT2D eigenvalue weighted by molar-refractivity contribution is 7.98. The molecule has 4 rings (SSSR count). The maximum Gasteiger partial charge on any atom is 0.196 e. The molecule has 3 aromatic heterocycles. The topological polar surface area (TPSA) is 57.2 Å². The fraction of sp³-hybridized carbons (Fsp3) is 0.118. The quantitative estimate of drug-likeness (QED) is 0.498. The standard InChI is InChI=1S/C17H14ClN5OS/c1-24-15-5-3-2-4-14(15)23-11-19-21-17(23)25-10-13-9-22-8-12(18)6-7-16(22)20-13/h2-9,11H,10H2,1H3. The maximum absolute atomic E-state index is 6.02. The van der Waals surface area contributed by atoms with Crippen LogP contribution in [0.3, 0.4) is 0 Å². The molecule has 1 aromatic carbocycles. The van der Waals surface area contributed by atoms with Crippen molar-refractivity contribution < 1.29 is 4.74 Å². The molecule has 0 atom stereocenters. The smallest absolute Gasteiger partial charge is 0.196 e. The number of hydrogen-bond donors (Lipinski definition) is 0. The van der Waals surface area contributed by atoms with Gasteiger partial charge in [0.2, 0.25) is 0 Å². The van der Waals surface area contributed by atoms with E-state index >= 15 is 0 Å². The van der Waals surface area contributed by atoms with Crippen molar-refractivity contribution in [3.63, 3.8) is 0 Å². The minimum absolute atomic E-state index is 0.674. The lowest BCUT2D eigenvalue weighted by Gasteiger charge is -2.10. The number of aromatic nitrogens is 5. The molecule has 0 aliphatic heterocycles. The van der Waals surface area contributed by atoms with Gasteiger partial charge >= 0.3 is 0 Å². The predicted octanol–water partition coefficient (Wildman–Crippen LogP) is 3.87. The summed E-state index contributed by atoms with van der Waals surface area (Å²) in [4.78, 5) is 4.59. The monoisotopic (exact) mass is 371 g/mol. The van der Waals surface area contributed by atoms with Crippen LogP contribution in [0.2, 0.25) is 5.02 Å². The second kappa shape index (κ2) is 6.78. The van der Waals surface area contributed by atoms with Gasteiger partial charge in [0.15, 0.2) is 5.16 Å². The Morgan fingerprint density at radius 3 is 2.92 bits per heavy atom. The molecular formula is C17H14ClN5OS. The van der Waals surface area contributed by atoms with Gasteiger partial charge in [-0.2, -0.15) is 0 Å². The van der Waals surface area contributed by atoms with Crippen molar-refractivity contribution in [3.05, 3.63) is 65.8 Å². The molecule has 6 nitrogen and oxygen atoms in total. The maximum atomic E-state index is 6.02. The van der Waals surface area contributed by atoms with Gasteiger partial charge < -0.3 is 9.14 Å². The first-order valence-electron chi connectivity index (χ1n) is 7.54. The third kappa shape index (κ3) is 3.20. The van der Waals surface area contributed by atoms with Gasteiger partial charge in [-0.15, -0.1) is 10.2 Å². The molecule has 0 saturated carbocycles. The summed E-state index contributed by atoms with van der Waals surface area (Å²) in [5, 5.41) is 9.71. The number of ether oxygens (including phenoxy) is 1. The van der Waals surface area contributed by atoms with E-state index in [1.807, 2.05) is 57.8 Å². The summed E-state index contributed by atoms with van der Waals surface area (Å²) in [5.41, 5.74) is 2.72. The van der Waals surface area contributed by atoms with E-state index in [0.29, 0.717) is 10.8 Å². The Morgan fingerprint density at radius 2 is 2.04 bits per heavy atom. The molecule has 0 radical (unpaired) electrons. The molecule has 0 saturated heterocycles. The molecule has 0 unspecified atom stereocenters. The van der Waals surface area contributed by atoms with Crippen LogP contribution in [0.5, 0.6) is 5.75 Å². The lowest BCUT2D eigenvalue weighted by atomic mass is 10.3. The highest BCUT2D eigenvalue weighted by atomic mass is 35.5. The number of fused-ring (bicyclic) bond motifs is 1. The molecule has 0 spiro atoms. The second-order valence-electron chi connectivity index (χ2n) is 5.29. The normalized spacial score (nSPS) is 11.1. The van der Waals surface area contributed by atoms with Crippen molar-refractivity contribution in [3.8, 4) is 11.4 Å². The molecular weight excluding hydrogens is 358 g/mol. The summed E-state index contributed by atoms with van der Waals surface area (Å²) >= 11 is 7.58. The number of hydrogen-bond acceptors (Lipinski definition) is 5. The Kier molecular flexibility index (Phi) is 4.33. The van der Waals surface area contributed by atoms with Crippen molar-refractivity contribution in [2.75, 3.05) is 7.11 Å². The molecule has 0 bridgehead atoms. The van der Waals surface area contributed by atoms with E-state index in [0.717, 1.165) is 27.9 Å². The molecule has 0 fully saturated rings. The third-order valence-electron chi connectivity index (χ3n) is 3.68. The Bertz CT molecular complexity index is 1030. The minimum Gasteiger partial charge on any atom is -0.495 e. The van der Waals surface area contributed by atoms with E-state index in [-0.39, 0.29) is 0 Å². The van der Waals surface area contributed by atoms with Crippen LogP contribution in [0.15, 0.2) is 60.3 Å². The van der Waals surface area contributed by atoms with E-state index in [4.69, 9.17) is 16.3 Å². The number of imidazole rings is 1. The highest BCUT2D eigenvalue weighted by Gasteiger charge is 2.12. The summed E-state index contributed by atoms with van der Waals surface area (Å²) < 4.78 is 9.26. The van der Waals surface area contributed by atoms with Gasteiger partial charge in [-0.25, -0.2) is 4.98 Å². The molecule has 0 aliphatic carbocycles. The zero-order valence-electron chi connectivity index (χ0n) is 13.3. The van der Waals surface area contributed by atoms with Crippen LogP contribution in [0.25, 0.3) is 11.3 Å². The first-order chi connectivity index (χ1) is 12.2. The van der Waals surface area contributed by atoms with Gasteiger partial charge in [0.25, 0.3) is 0 Å². The molecule has 25 heavy (non-hydrogen) atoms. The molecule has 3 heterocycles. The molecule has 8 heteroatoms. The van der Waals surface area contributed by atoms with Crippen LogP contribution in [-0.2, 0) is 5.75 Å². The number of halogens is 1. The third-order valence-corrected chi connectivity index (χ3v) is 4.88. The first kappa shape index (κ1) is 16.0. The fourth-order valence-electron chi connectivity index (χ4n) is 2.54. The van der Waals surface area contributed by atoms with Crippen molar-refractivity contribution in [2.24, 2.45) is 0 Å². The molecule has 0 amide bonds. The summed E-state index contributed by atoms with van der Waals surface area (Å²) in [6.07, 6.45) is 5.50. The number of thioether (sulfide) groups is 1. The van der Waals surface area contributed by atoms with Crippen LogP contribution in [-0.4, -0.2) is 31.3 Å². The molecule has 4 aromatic rings. The van der Waals surface area contributed by atoms with Crippen molar-refractivity contribution in [1.82, 2.24) is 24.1 Å². The summed E-state index contributed by atoms with van der Waals surface area (Å²) in [7, 11) is 1.65. The number of nitrogens with zero attached hydrogens (tertiary/aromatic N) is 5. The Hall–Kier alpha value is -2.51. The van der Waals surface area contributed by atoms with Gasteiger partial charge in [0.1, 0.15) is 17.7 Å². The van der Waals surface area contributed by atoms with Crippen molar-refractivity contribution in [2.45, 2.75) is 10.9 Å². The summed E-state index contributed by atoms with van der Waals surface area (Å²) in [6.45, 7) is 0. The number of rotatable bonds is 5. The average molecular weight is 372 g/mol. The fourth-order valence-corrected chi connectivity index (χ4v) is 3.52. The predicted molar refractivity (Wildman–Crippen MR) is 97.7 cm³/mol. The highest BCUT2D eigenvalue weighted by Crippen LogP contribution is 2.28. The van der Waals surface area contributed by atoms with Crippen LogP contribution in [0.4, 0.5) is 0 Å². The Balaban J connectivity index is 1.58. The van der Waals surface area contributed by atoms with E-state index in [9.17, 15) is 0 Å². The number of para-hydroxylation sites is 2. The zero-order valence-corrected chi connectivity index (χ0v) is 14.9. The molecule has 126 valence electrons. The van der Waals surface area contributed by atoms with Gasteiger partial charge in [-0.1, -0.05) is 35.5 Å². The van der Waals surface area contributed by atoms with Gasteiger partial charge in [-0.05, 0) is 24.3 Å². The van der Waals surface area contributed by atoms with Crippen LogP contribution in [0.1, 0.15) is 5.69 Å². The van der Waals surface area contributed by atoms with Crippen LogP contribution < -0.4 is 4.74 Å². The Morgan fingerprint density at radius 1 is 1.16 bits per heavy atom. The van der Waals surface area contributed by atoms with E-state index in [1.54, 1.807) is 25.2 Å². The average Bonchev–Trinajstić information content (AvgIpc) is 3.25. The molecule has 0 aliphatic rings. The second-order valence-corrected chi connectivity index (χ2v) is 6.67. The number of benzene rings is 1. The lowest BCUT2D eigenvalue weighted by molar-refractivity contribution is 0.412. The SMILES string of the molecule is COc1ccccc1-n1cnnc1SCc1cn2cc(Cl)ccc2n1. The van der Waals surface area contributed by atoms with Gasteiger partial charge in [0, 0.05) is 18.1 Å². The van der Waals surface area contributed by atoms with E-state index in [1.165, 1.54) is 0 Å². The van der Waals surface area contributed by atoms with Crippen LogP contribution in [0, 0.1) is 0 Å². The van der Waals surface area contributed by atoms with Gasteiger partial charge in [0.05, 0.1) is 23.5 Å². The summed E-state index contributed by atoms with van der Waals surface area (Å²) in [5.74, 6) is 1.44. The minimum atomic E-state index is 0.674. The number of methoxy groups -OCH3 is 1. The number of pyridine rings is 1. The largest absolute Gasteiger partial charge is 0.495 e. The van der Waals surface area contributed by atoms with Crippen molar-refractivity contribution >= 4 is 29.0 Å². The van der Waals surface area contributed by atoms with Crippen LogP contribution >= 0.6 is 23.4 Å². The Labute approximate surface area is 153 Å². The van der Waals surface area contributed by atoms with E-state index in [2.05, 4.69) is 15.2 Å². The lowest BCUT2D eigenvalue weighted by Crippen LogP contribution is -1.98. The summed E-state index contributed by atoms with van der Waals surface area (Å²) in [6, 6.07) is 11.5.